The van der Waals surface area contributed by atoms with Crippen molar-refractivity contribution in [1.82, 2.24) is 0 Å². The number of hydrogen-bond donors (Lipinski definition) is 1. The topological polar surface area (TPSA) is 56.8 Å². The standard InChI is InChI=1S/C18H20ClNO4/c1-11-9-14(6-7-15(11)19)24-12(2)18(21)20-13-5-8-16(22-3)17(10-13)23-4/h5-10,12H,1-4H3,(H,20,21)/t12-/m0/s1. The van der Waals surface area contributed by atoms with E-state index in [0.29, 0.717) is 28.0 Å². The fourth-order valence-corrected chi connectivity index (χ4v) is 2.22. The summed E-state index contributed by atoms with van der Waals surface area (Å²) in [7, 11) is 3.10. The van der Waals surface area contributed by atoms with Crippen molar-refractivity contribution >= 4 is 23.2 Å². The molecule has 0 spiro atoms. The molecule has 0 saturated heterocycles. The van der Waals surface area contributed by atoms with E-state index in [4.69, 9.17) is 25.8 Å². The molecule has 2 aromatic carbocycles. The van der Waals surface area contributed by atoms with Crippen molar-refractivity contribution in [2.75, 3.05) is 19.5 Å². The highest BCUT2D eigenvalue weighted by molar-refractivity contribution is 6.31. The summed E-state index contributed by atoms with van der Waals surface area (Å²) < 4.78 is 16.0. The predicted octanol–water partition coefficient (Wildman–Crippen LogP) is 4.07. The van der Waals surface area contributed by atoms with Crippen molar-refractivity contribution in [1.29, 1.82) is 0 Å². The Hall–Kier alpha value is -2.40. The molecule has 0 saturated carbocycles. The fraction of sp³-hybridized carbons (Fsp3) is 0.278. The third-order valence-corrected chi connectivity index (χ3v) is 3.89. The van der Waals surface area contributed by atoms with Crippen molar-refractivity contribution in [2.24, 2.45) is 0 Å². The van der Waals surface area contributed by atoms with E-state index in [1.165, 1.54) is 7.11 Å². The molecule has 1 amide bonds. The number of aryl methyl sites for hydroxylation is 1. The third kappa shape index (κ3) is 4.32. The summed E-state index contributed by atoms with van der Waals surface area (Å²) in [6, 6.07) is 10.4. The second-order valence-corrected chi connectivity index (χ2v) is 5.64. The molecular formula is C18H20ClNO4. The molecule has 0 aliphatic rings. The van der Waals surface area contributed by atoms with Crippen LogP contribution in [0.3, 0.4) is 0 Å². The lowest BCUT2D eigenvalue weighted by Gasteiger charge is -2.16. The summed E-state index contributed by atoms with van der Waals surface area (Å²) in [5, 5.41) is 3.45. The second-order valence-electron chi connectivity index (χ2n) is 5.23. The Bertz CT molecular complexity index is 733. The number of benzene rings is 2. The van der Waals surface area contributed by atoms with Gasteiger partial charge in [-0.15, -0.1) is 0 Å². The SMILES string of the molecule is COc1ccc(NC(=O)[C@H](C)Oc2ccc(Cl)c(C)c2)cc1OC. The van der Waals surface area contributed by atoms with Gasteiger partial charge in [0.15, 0.2) is 17.6 Å². The number of anilines is 1. The van der Waals surface area contributed by atoms with Crippen molar-refractivity contribution in [2.45, 2.75) is 20.0 Å². The molecule has 0 aliphatic heterocycles. The van der Waals surface area contributed by atoms with Crippen molar-refractivity contribution < 1.29 is 19.0 Å². The number of carbonyl (C=O) groups is 1. The fourth-order valence-electron chi connectivity index (χ4n) is 2.11. The summed E-state index contributed by atoms with van der Waals surface area (Å²) in [5.74, 6) is 1.45. The van der Waals surface area contributed by atoms with Crippen LogP contribution in [-0.2, 0) is 4.79 Å². The van der Waals surface area contributed by atoms with E-state index < -0.39 is 6.10 Å². The number of ether oxygens (including phenoxy) is 3. The average molecular weight is 350 g/mol. The summed E-state index contributed by atoms with van der Waals surface area (Å²) >= 11 is 5.98. The summed E-state index contributed by atoms with van der Waals surface area (Å²) in [4.78, 5) is 12.3. The van der Waals surface area contributed by atoms with E-state index in [-0.39, 0.29) is 5.91 Å². The molecule has 0 radical (unpaired) electrons. The molecule has 0 heterocycles. The van der Waals surface area contributed by atoms with Gasteiger partial charge in [0, 0.05) is 16.8 Å². The minimum atomic E-state index is -0.668. The maximum Gasteiger partial charge on any atom is 0.265 e. The maximum absolute atomic E-state index is 12.3. The second kappa shape index (κ2) is 7.93. The number of carbonyl (C=O) groups excluding carboxylic acids is 1. The van der Waals surface area contributed by atoms with Crippen molar-refractivity contribution in [3.8, 4) is 17.2 Å². The van der Waals surface area contributed by atoms with Gasteiger partial charge in [0.25, 0.3) is 5.91 Å². The number of hydrogen-bond acceptors (Lipinski definition) is 4. The molecule has 5 nitrogen and oxygen atoms in total. The first-order valence-corrected chi connectivity index (χ1v) is 7.78. The summed E-state index contributed by atoms with van der Waals surface area (Å²) in [5.41, 5.74) is 1.49. The van der Waals surface area contributed by atoms with Gasteiger partial charge >= 0.3 is 0 Å². The van der Waals surface area contributed by atoms with Crippen LogP contribution < -0.4 is 19.5 Å². The van der Waals surface area contributed by atoms with Crippen LogP contribution in [0.1, 0.15) is 12.5 Å². The van der Waals surface area contributed by atoms with Gasteiger partial charge in [-0.2, -0.15) is 0 Å². The third-order valence-electron chi connectivity index (χ3n) is 3.46. The number of methoxy groups -OCH3 is 2. The lowest BCUT2D eigenvalue weighted by atomic mass is 10.2. The molecule has 128 valence electrons. The molecule has 0 fully saturated rings. The number of rotatable bonds is 6. The first kappa shape index (κ1) is 17.9. The molecule has 6 heteroatoms. The van der Waals surface area contributed by atoms with Crippen molar-refractivity contribution in [3.05, 3.63) is 47.0 Å². The van der Waals surface area contributed by atoms with E-state index in [9.17, 15) is 4.79 Å². The Kier molecular flexibility index (Phi) is 5.93. The lowest BCUT2D eigenvalue weighted by molar-refractivity contribution is -0.122. The highest BCUT2D eigenvalue weighted by Gasteiger charge is 2.16. The molecule has 24 heavy (non-hydrogen) atoms. The Morgan fingerprint density at radius 1 is 1.08 bits per heavy atom. The van der Waals surface area contributed by atoms with E-state index in [0.717, 1.165) is 5.56 Å². The van der Waals surface area contributed by atoms with Crippen LogP contribution in [-0.4, -0.2) is 26.2 Å². The van der Waals surface area contributed by atoms with E-state index in [1.54, 1.807) is 50.4 Å². The first-order valence-electron chi connectivity index (χ1n) is 7.40. The van der Waals surface area contributed by atoms with Gasteiger partial charge in [0.1, 0.15) is 5.75 Å². The summed E-state index contributed by atoms with van der Waals surface area (Å²) in [6.45, 7) is 3.56. The Balaban J connectivity index is 2.04. The molecule has 2 rings (SSSR count). The Morgan fingerprint density at radius 3 is 2.42 bits per heavy atom. The maximum atomic E-state index is 12.3. The van der Waals surface area contributed by atoms with Crippen LogP contribution in [0.25, 0.3) is 0 Å². The molecule has 0 aliphatic carbocycles. The molecular weight excluding hydrogens is 330 g/mol. The average Bonchev–Trinajstić information content (AvgIpc) is 2.57. The van der Waals surface area contributed by atoms with E-state index >= 15 is 0 Å². The van der Waals surface area contributed by atoms with Crippen LogP contribution in [0.4, 0.5) is 5.69 Å². The van der Waals surface area contributed by atoms with Gasteiger partial charge < -0.3 is 19.5 Å². The van der Waals surface area contributed by atoms with Crippen LogP contribution >= 0.6 is 11.6 Å². The van der Waals surface area contributed by atoms with E-state index in [1.807, 2.05) is 6.92 Å². The lowest BCUT2D eigenvalue weighted by Crippen LogP contribution is -2.30. The number of halogens is 1. The van der Waals surface area contributed by atoms with Gasteiger partial charge in [-0.05, 0) is 49.7 Å². The number of amides is 1. The minimum Gasteiger partial charge on any atom is -0.493 e. The van der Waals surface area contributed by atoms with Gasteiger partial charge in [-0.1, -0.05) is 11.6 Å². The van der Waals surface area contributed by atoms with Gasteiger partial charge in [0.2, 0.25) is 0 Å². The predicted molar refractivity (Wildman–Crippen MR) is 94.5 cm³/mol. The van der Waals surface area contributed by atoms with Crippen LogP contribution in [0.15, 0.2) is 36.4 Å². The minimum absolute atomic E-state index is 0.269. The quantitative estimate of drug-likeness (QED) is 0.854. The zero-order chi connectivity index (χ0) is 17.7. The number of nitrogens with one attached hydrogen (secondary N) is 1. The van der Waals surface area contributed by atoms with Gasteiger partial charge in [-0.25, -0.2) is 0 Å². The zero-order valence-corrected chi connectivity index (χ0v) is 14.8. The summed E-state index contributed by atoms with van der Waals surface area (Å²) in [6.07, 6.45) is -0.668. The van der Waals surface area contributed by atoms with Gasteiger partial charge in [-0.3, -0.25) is 4.79 Å². The van der Waals surface area contributed by atoms with Crippen LogP contribution in [0.2, 0.25) is 5.02 Å². The van der Waals surface area contributed by atoms with Crippen molar-refractivity contribution in [3.63, 3.8) is 0 Å². The van der Waals surface area contributed by atoms with Gasteiger partial charge in [0.05, 0.1) is 14.2 Å². The molecule has 1 N–H and O–H groups in total. The van der Waals surface area contributed by atoms with Crippen LogP contribution in [0.5, 0.6) is 17.2 Å². The molecule has 0 aromatic heterocycles. The van der Waals surface area contributed by atoms with Crippen LogP contribution in [0, 0.1) is 6.92 Å². The first-order chi connectivity index (χ1) is 11.4. The van der Waals surface area contributed by atoms with E-state index in [2.05, 4.69) is 5.32 Å². The smallest absolute Gasteiger partial charge is 0.265 e. The largest absolute Gasteiger partial charge is 0.493 e. The highest BCUT2D eigenvalue weighted by atomic mass is 35.5. The Labute approximate surface area is 146 Å². The Morgan fingerprint density at radius 2 is 1.79 bits per heavy atom. The highest BCUT2D eigenvalue weighted by Crippen LogP contribution is 2.30. The normalized spacial score (nSPS) is 11.5. The monoisotopic (exact) mass is 349 g/mol. The molecule has 2 aromatic rings. The molecule has 0 bridgehead atoms. The molecule has 0 unspecified atom stereocenters. The molecule has 1 atom stereocenters. The zero-order valence-electron chi connectivity index (χ0n) is 14.1.